The van der Waals surface area contributed by atoms with Crippen LogP contribution < -0.4 is 5.32 Å². The highest BCUT2D eigenvalue weighted by Gasteiger charge is 2.34. The SMILES string of the molecule is CC(C)(C)N(C(=O)OCCC#N)C1CCNCC1. The lowest BCUT2D eigenvalue weighted by Crippen LogP contribution is -2.54. The molecule has 1 fully saturated rings. The summed E-state index contributed by atoms with van der Waals surface area (Å²) in [6.45, 7) is 8.08. The Kier molecular flexibility index (Phi) is 5.42. The van der Waals surface area contributed by atoms with Crippen LogP contribution in [0.25, 0.3) is 0 Å². The number of hydrogen-bond donors (Lipinski definition) is 1. The van der Waals surface area contributed by atoms with Crippen LogP contribution in [0.3, 0.4) is 0 Å². The second-order valence-corrected chi connectivity index (χ2v) is 5.54. The maximum atomic E-state index is 12.1. The molecular formula is C13H23N3O2. The fraction of sp³-hybridized carbons (Fsp3) is 0.846. The van der Waals surface area contributed by atoms with E-state index in [1.807, 2.05) is 31.7 Å². The third-order valence-corrected chi connectivity index (χ3v) is 3.03. The Hall–Kier alpha value is -1.28. The highest BCUT2D eigenvalue weighted by molar-refractivity contribution is 5.69. The fourth-order valence-corrected chi connectivity index (χ4v) is 2.29. The van der Waals surface area contributed by atoms with Gasteiger partial charge < -0.3 is 15.0 Å². The van der Waals surface area contributed by atoms with Gasteiger partial charge in [0.1, 0.15) is 6.61 Å². The Balaban J connectivity index is 2.66. The minimum atomic E-state index is -0.301. The number of carbonyl (C=O) groups is 1. The lowest BCUT2D eigenvalue weighted by Gasteiger charge is -2.42. The van der Waals surface area contributed by atoms with Crippen molar-refractivity contribution in [3.05, 3.63) is 0 Å². The molecular weight excluding hydrogens is 230 g/mol. The van der Waals surface area contributed by atoms with E-state index in [0.717, 1.165) is 25.9 Å². The van der Waals surface area contributed by atoms with E-state index in [-0.39, 0.29) is 30.7 Å². The molecule has 1 heterocycles. The smallest absolute Gasteiger partial charge is 0.410 e. The number of ether oxygens (including phenoxy) is 1. The van der Waals surface area contributed by atoms with Crippen molar-refractivity contribution in [2.45, 2.75) is 51.6 Å². The van der Waals surface area contributed by atoms with Gasteiger partial charge in [-0.05, 0) is 46.7 Å². The number of rotatable bonds is 3. The maximum absolute atomic E-state index is 12.1. The lowest BCUT2D eigenvalue weighted by atomic mass is 9.98. The van der Waals surface area contributed by atoms with Crippen LogP contribution in [0.4, 0.5) is 4.79 Å². The summed E-state index contributed by atoms with van der Waals surface area (Å²) in [6.07, 6.45) is 1.84. The van der Waals surface area contributed by atoms with Crippen molar-refractivity contribution in [3.63, 3.8) is 0 Å². The molecule has 0 saturated carbocycles. The zero-order valence-electron chi connectivity index (χ0n) is 11.5. The topological polar surface area (TPSA) is 65.4 Å². The van der Waals surface area contributed by atoms with Crippen molar-refractivity contribution in [1.29, 1.82) is 5.26 Å². The monoisotopic (exact) mass is 253 g/mol. The van der Waals surface area contributed by atoms with E-state index in [4.69, 9.17) is 10.00 Å². The van der Waals surface area contributed by atoms with E-state index in [1.54, 1.807) is 0 Å². The normalized spacial score (nSPS) is 17.0. The second kappa shape index (κ2) is 6.60. The minimum Gasteiger partial charge on any atom is -0.448 e. The number of carbonyl (C=O) groups excluding carboxylic acids is 1. The van der Waals surface area contributed by atoms with Crippen LogP contribution >= 0.6 is 0 Å². The zero-order chi connectivity index (χ0) is 13.6. The van der Waals surface area contributed by atoms with Gasteiger partial charge in [-0.2, -0.15) is 5.26 Å². The summed E-state index contributed by atoms with van der Waals surface area (Å²) >= 11 is 0. The van der Waals surface area contributed by atoms with Gasteiger partial charge in [0.25, 0.3) is 0 Å². The van der Waals surface area contributed by atoms with Crippen LogP contribution in [0.5, 0.6) is 0 Å². The Labute approximate surface area is 109 Å². The first-order valence-corrected chi connectivity index (χ1v) is 6.50. The first kappa shape index (κ1) is 14.8. The minimum absolute atomic E-state index is 0.173. The van der Waals surface area contributed by atoms with Gasteiger partial charge in [-0.15, -0.1) is 0 Å². The fourth-order valence-electron chi connectivity index (χ4n) is 2.29. The molecule has 1 amide bonds. The van der Waals surface area contributed by atoms with Crippen molar-refractivity contribution in [3.8, 4) is 6.07 Å². The van der Waals surface area contributed by atoms with Crippen LogP contribution in [0.15, 0.2) is 0 Å². The Morgan fingerprint density at radius 1 is 1.44 bits per heavy atom. The Morgan fingerprint density at radius 3 is 2.56 bits per heavy atom. The van der Waals surface area contributed by atoms with Crippen molar-refractivity contribution >= 4 is 6.09 Å². The van der Waals surface area contributed by atoms with Gasteiger partial charge in [0, 0.05) is 11.6 Å². The number of hydrogen-bond acceptors (Lipinski definition) is 4. The molecule has 0 radical (unpaired) electrons. The molecule has 1 rings (SSSR count). The zero-order valence-corrected chi connectivity index (χ0v) is 11.5. The first-order chi connectivity index (χ1) is 8.46. The standard InChI is InChI=1S/C13H23N3O2/c1-13(2,3)16(11-5-8-15-9-6-11)12(17)18-10-4-7-14/h11,15H,4-6,8-10H2,1-3H3. The van der Waals surface area contributed by atoms with Gasteiger partial charge in [0.2, 0.25) is 0 Å². The molecule has 5 heteroatoms. The average Bonchev–Trinajstić information content (AvgIpc) is 2.29. The van der Waals surface area contributed by atoms with Gasteiger partial charge in [-0.1, -0.05) is 0 Å². The number of amides is 1. The number of nitriles is 1. The van der Waals surface area contributed by atoms with Crippen LogP contribution in [0.2, 0.25) is 0 Å². The highest BCUT2D eigenvalue weighted by atomic mass is 16.6. The molecule has 0 aromatic heterocycles. The van der Waals surface area contributed by atoms with E-state index < -0.39 is 0 Å². The van der Waals surface area contributed by atoms with Gasteiger partial charge in [-0.25, -0.2) is 4.79 Å². The van der Waals surface area contributed by atoms with Crippen LogP contribution in [-0.4, -0.2) is 42.3 Å². The molecule has 0 unspecified atom stereocenters. The maximum Gasteiger partial charge on any atom is 0.410 e. The quantitative estimate of drug-likeness (QED) is 0.780. The van der Waals surface area contributed by atoms with Crippen LogP contribution in [0.1, 0.15) is 40.0 Å². The first-order valence-electron chi connectivity index (χ1n) is 6.50. The molecule has 1 aliphatic heterocycles. The van der Waals surface area contributed by atoms with Crippen LogP contribution in [-0.2, 0) is 4.74 Å². The lowest BCUT2D eigenvalue weighted by molar-refractivity contribution is 0.0367. The molecule has 0 bridgehead atoms. The number of piperidine rings is 1. The highest BCUT2D eigenvalue weighted by Crippen LogP contribution is 2.23. The summed E-state index contributed by atoms with van der Waals surface area (Å²) in [7, 11) is 0. The molecule has 1 N–H and O–H groups in total. The largest absolute Gasteiger partial charge is 0.448 e. The third kappa shape index (κ3) is 4.19. The molecule has 18 heavy (non-hydrogen) atoms. The van der Waals surface area contributed by atoms with Gasteiger partial charge >= 0.3 is 6.09 Å². The molecule has 1 aliphatic rings. The molecule has 5 nitrogen and oxygen atoms in total. The van der Waals surface area contributed by atoms with E-state index >= 15 is 0 Å². The molecule has 0 aliphatic carbocycles. The molecule has 0 aromatic carbocycles. The predicted molar refractivity (Wildman–Crippen MR) is 69.1 cm³/mol. The summed E-state index contributed by atoms with van der Waals surface area (Å²) in [5.41, 5.74) is -0.258. The molecule has 102 valence electrons. The van der Waals surface area contributed by atoms with E-state index in [1.165, 1.54) is 0 Å². The summed E-state index contributed by atoms with van der Waals surface area (Å²) in [6, 6.07) is 2.20. The van der Waals surface area contributed by atoms with E-state index in [2.05, 4.69) is 5.32 Å². The van der Waals surface area contributed by atoms with Crippen molar-refractivity contribution in [2.24, 2.45) is 0 Å². The summed E-state index contributed by atoms with van der Waals surface area (Å²) in [5.74, 6) is 0. The molecule has 0 atom stereocenters. The Morgan fingerprint density at radius 2 is 2.06 bits per heavy atom. The van der Waals surface area contributed by atoms with E-state index in [9.17, 15) is 4.79 Å². The summed E-state index contributed by atoms with van der Waals surface area (Å²) < 4.78 is 5.17. The number of nitrogens with zero attached hydrogens (tertiary/aromatic N) is 2. The van der Waals surface area contributed by atoms with Crippen molar-refractivity contribution in [2.75, 3.05) is 19.7 Å². The summed E-state index contributed by atoms with van der Waals surface area (Å²) in [4.78, 5) is 14.0. The molecule has 0 aromatic rings. The van der Waals surface area contributed by atoms with Gasteiger partial charge in [-0.3, -0.25) is 0 Å². The molecule has 1 saturated heterocycles. The third-order valence-electron chi connectivity index (χ3n) is 3.03. The van der Waals surface area contributed by atoms with Gasteiger partial charge in [0.05, 0.1) is 12.5 Å². The van der Waals surface area contributed by atoms with Gasteiger partial charge in [0.15, 0.2) is 0 Å². The van der Waals surface area contributed by atoms with Crippen molar-refractivity contribution < 1.29 is 9.53 Å². The second-order valence-electron chi connectivity index (χ2n) is 5.54. The number of nitrogens with one attached hydrogen (secondary N) is 1. The Bertz CT molecular complexity index is 311. The van der Waals surface area contributed by atoms with Crippen LogP contribution in [0, 0.1) is 11.3 Å². The predicted octanol–water partition coefficient (Wildman–Crippen LogP) is 1.89. The van der Waals surface area contributed by atoms with E-state index in [0.29, 0.717) is 0 Å². The summed E-state index contributed by atoms with van der Waals surface area (Å²) in [5, 5.41) is 11.8. The van der Waals surface area contributed by atoms with Crippen molar-refractivity contribution in [1.82, 2.24) is 10.2 Å². The average molecular weight is 253 g/mol. The molecule has 0 spiro atoms.